The second-order valence-electron chi connectivity index (χ2n) is 7.41. The summed E-state index contributed by atoms with van der Waals surface area (Å²) in [5.41, 5.74) is 4.91. The van der Waals surface area contributed by atoms with Crippen molar-refractivity contribution in [3.63, 3.8) is 0 Å². The van der Waals surface area contributed by atoms with Gasteiger partial charge in [-0.15, -0.1) is 0 Å². The standard InChI is InChI=1S/C19H26N2/c1-13(2)19(10-11-19)12-20-17-9-5-7-15-14-6-3-4-8-16(14)21-18(15)17/h3-4,6,8,13,17,20-21H,5,7,9-12H2,1-2H3. The van der Waals surface area contributed by atoms with Crippen molar-refractivity contribution in [2.45, 2.75) is 52.0 Å². The van der Waals surface area contributed by atoms with Crippen LogP contribution in [-0.4, -0.2) is 11.5 Å². The van der Waals surface area contributed by atoms with Crippen LogP contribution in [0.2, 0.25) is 0 Å². The molecule has 0 amide bonds. The number of fused-ring (bicyclic) bond motifs is 3. The van der Waals surface area contributed by atoms with Gasteiger partial charge in [0, 0.05) is 29.2 Å². The summed E-state index contributed by atoms with van der Waals surface area (Å²) in [7, 11) is 0. The predicted octanol–water partition coefficient (Wildman–Crippen LogP) is 4.57. The van der Waals surface area contributed by atoms with Crippen molar-refractivity contribution in [3.8, 4) is 0 Å². The number of aromatic amines is 1. The molecule has 2 N–H and O–H groups in total. The number of hydrogen-bond acceptors (Lipinski definition) is 1. The average Bonchev–Trinajstić information content (AvgIpc) is 3.20. The molecule has 2 aliphatic carbocycles. The van der Waals surface area contributed by atoms with Crippen LogP contribution in [-0.2, 0) is 6.42 Å². The Hall–Kier alpha value is -1.28. The van der Waals surface area contributed by atoms with E-state index in [2.05, 4.69) is 48.4 Å². The molecule has 1 unspecified atom stereocenters. The lowest BCUT2D eigenvalue weighted by molar-refractivity contribution is 0.309. The zero-order valence-corrected chi connectivity index (χ0v) is 13.2. The highest BCUT2D eigenvalue weighted by Gasteiger charge is 2.45. The summed E-state index contributed by atoms with van der Waals surface area (Å²) in [6, 6.07) is 9.29. The molecule has 0 spiro atoms. The van der Waals surface area contributed by atoms with Gasteiger partial charge in [0.2, 0.25) is 0 Å². The molecule has 1 saturated carbocycles. The SMILES string of the molecule is CC(C)C1(CNC2CCCc3c2[nH]c2ccccc32)CC1. The highest BCUT2D eigenvalue weighted by atomic mass is 15.0. The molecule has 1 aromatic carbocycles. The van der Waals surface area contributed by atoms with Gasteiger partial charge < -0.3 is 10.3 Å². The van der Waals surface area contributed by atoms with Gasteiger partial charge in [-0.3, -0.25) is 0 Å². The molecule has 1 atom stereocenters. The third-order valence-corrected chi connectivity index (χ3v) is 5.93. The minimum Gasteiger partial charge on any atom is -0.357 e. The Bertz CT molecular complexity index is 649. The van der Waals surface area contributed by atoms with E-state index in [4.69, 9.17) is 0 Å². The summed E-state index contributed by atoms with van der Waals surface area (Å²) < 4.78 is 0. The van der Waals surface area contributed by atoms with E-state index >= 15 is 0 Å². The molecule has 0 saturated heterocycles. The van der Waals surface area contributed by atoms with E-state index in [1.54, 1.807) is 5.56 Å². The first-order chi connectivity index (χ1) is 10.2. The Morgan fingerprint density at radius 3 is 2.86 bits per heavy atom. The first-order valence-corrected chi connectivity index (χ1v) is 8.52. The number of hydrogen-bond donors (Lipinski definition) is 2. The maximum absolute atomic E-state index is 3.89. The first-order valence-electron chi connectivity index (χ1n) is 8.52. The summed E-state index contributed by atoms with van der Waals surface area (Å²) in [6.45, 7) is 5.94. The van der Waals surface area contributed by atoms with Gasteiger partial charge in [0.25, 0.3) is 0 Å². The highest BCUT2D eigenvalue weighted by molar-refractivity contribution is 5.85. The number of aromatic nitrogens is 1. The van der Waals surface area contributed by atoms with Gasteiger partial charge in [-0.05, 0) is 55.1 Å². The fourth-order valence-corrected chi connectivity index (χ4v) is 4.06. The fraction of sp³-hybridized carbons (Fsp3) is 0.579. The van der Waals surface area contributed by atoms with E-state index in [0.717, 1.165) is 5.92 Å². The van der Waals surface area contributed by atoms with Gasteiger partial charge >= 0.3 is 0 Å². The van der Waals surface area contributed by atoms with Crippen molar-refractivity contribution in [2.75, 3.05) is 6.54 Å². The van der Waals surface area contributed by atoms with Crippen LogP contribution in [0.4, 0.5) is 0 Å². The number of rotatable bonds is 4. The second-order valence-corrected chi connectivity index (χ2v) is 7.41. The largest absolute Gasteiger partial charge is 0.357 e. The molecule has 1 aromatic heterocycles. The van der Waals surface area contributed by atoms with Gasteiger partial charge in [-0.2, -0.15) is 0 Å². The van der Waals surface area contributed by atoms with Gasteiger partial charge in [0.15, 0.2) is 0 Å². The molecule has 2 heteroatoms. The molecular formula is C19H26N2. The number of benzene rings is 1. The van der Waals surface area contributed by atoms with E-state index in [1.165, 1.54) is 55.2 Å². The van der Waals surface area contributed by atoms with Crippen LogP contribution < -0.4 is 5.32 Å². The topological polar surface area (TPSA) is 27.8 Å². The lowest BCUT2D eigenvalue weighted by atomic mass is 9.89. The van der Waals surface area contributed by atoms with Crippen molar-refractivity contribution in [1.29, 1.82) is 0 Å². The maximum atomic E-state index is 3.89. The van der Waals surface area contributed by atoms with E-state index in [9.17, 15) is 0 Å². The molecule has 2 nitrogen and oxygen atoms in total. The number of aryl methyl sites for hydroxylation is 1. The Kier molecular flexibility index (Phi) is 3.11. The molecule has 0 aliphatic heterocycles. The smallest absolute Gasteiger partial charge is 0.0476 e. The Morgan fingerprint density at radius 1 is 1.29 bits per heavy atom. The van der Waals surface area contributed by atoms with Gasteiger partial charge in [-0.1, -0.05) is 32.0 Å². The van der Waals surface area contributed by atoms with E-state index in [-0.39, 0.29) is 0 Å². The van der Waals surface area contributed by atoms with Crippen molar-refractivity contribution in [1.82, 2.24) is 10.3 Å². The van der Waals surface area contributed by atoms with Crippen LogP contribution >= 0.6 is 0 Å². The molecule has 112 valence electrons. The second kappa shape index (κ2) is 4.88. The quantitative estimate of drug-likeness (QED) is 0.844. The van der Waals surface area contributed by atoms with Crippen molar-refractivity contribution in [3.05, 3.63) is 35.5 Å². The van der Waals surface area contributed by atoms with E-state index in [0.29, 0.717) is 11.5 Å². The van der Waals surface area contributed by atoms with Crippen molar-refractivity contribution >= 4 is 10.9 Å². The highest BCUT2D eigenvalue weighted by Crippen LogP contribution is 2.51. The zero-order valence-electron chi connectivity index (χ0n) is 13.2. The summed E-state index contributed by atoms with van der Waals surface area (Å²) in [6.07, 6.45) is 6.62. The maximum Gasteiger partial charge on any atom is 0.0476 e. The first kappa shape index (κ1) is 13.4. The summed E-state index contributed by atoms with van der Waals surface area (Å²) in [4.78, 5) is 3.69. The van der Waals surface area contributed by atoms with Crippen LogP contribution in [0.25, 0.3) is 10.9 Å². The summed E-state index contributed by atoms with van der Waals surface area (Å²) in [5.74, 6) is 0.802. The van der Waals surface area contributed by atoms with Crippen LogP contribution in [0.1, 0.15) is 56.8 Å². The van der Waals surface area contributed by atoms with Gasteiger partial charge in [0.1, 0.15) is 0 Å². The van der Waals surface area contributed by atoms with E-state index in [1.807, 2.05) is 0 Å². The third kappa shape index (κ3) is 2.20. The third-order valence-electron chi connectivity index (χ3n) is 5.93. The lowest BCUT2D eigenvalue weighted by Gasteiger charge is -2.28. The van der Waals surface area contributed by atoms with Crippen LogP contribution in [0.5, 0.6) is 0 Å². The van der Waals surface area contributed by atoms with Crippen molar-refractivity contribution in [2.24, 2.45) is 11.3 Å². The van der Waals surface area contributed by atoms with E-state index < -0.39 is 0 Å². The van der Waals surface area contributed by atoms with Gasteiger partial charge in [0.05, 0.1) is 0 Å². The predicted molar refractivity (Wildman–Crippen MR) is 88.5 cm³/mol. The van der Waals surface area contributed by atoms with Crippen LogP contribution in [0.15, 0.2) is 24.3 Å². The van der Waals surface area contributed by atoms with Crippen LogP contribution in [0, 0.1) is 11.3 Å². The summed E-state index contributed by atoms with van der Waals surface area (Å²) >= 11 is 0. The minimum atomic E-state index is 0.525. The normalized spacial score (nSPS) is 23.5. The lowest BCUT2D eigenvalue weighted by Crippen LogP contribution is -2.32. The molecule has 4 rings (SSSR count). The summed E-state index contributed by atoms with van der Waals surface area (Å²) in [5, 5.41) is 5.33. The molecule has 0 radical (unpaired) electrons. The minimum absolute atomic E-state index is 0.525. The fourth-order valence-electron chi connectivity index (χ4n) is 4.06. The van der Waals surface area contributed by atoms with Crippen molar-refractivity contribution < 1.29 is 0 Å². The molecule has 2 aliphatic rings. The molecular weight excluding hydrogens is 256 g/mol. The Labute approximate surface area is 127 Å². The number of para-hydroxylation sites is 1. The monoisotopic (exact) mass is 282 g/mol. The number of H-pyrrole nitrogens is 1. The molecule has 1 fully saturated rings. The Balaban J connectivity index is 1.59. The van der Waals surface area contributed by atoms with Gasteiger partial charge in [-0.25, -0.2) is 0 Å². The number of nitrogens with one attached hydrogen (secondary N) is 2. The average molecular weight is 282 g/mol. The molecule has 21 heavy (non-hydrogen) atoms. The molecule has 1 heterocycles. The molecule has 2 aromatic rings. The van der Waals surface area contributed by atoms with Crippen LogP contribution in [0.3, 0.4) is 0 Å². The zero-order chi connectivity index (χ0) is 14.4. The molecule has 0 bridgehead atoms. The Morgan fingerprint density at radius 2 is 2.10 bits per heavy atom.